The first kappa shape index (κ1) is 14.0. The van der Waals surface area contributed by atoms with Crippen molar-refractivity contribution in [2.45, 2.75) is 6.42 Å². The molecule has 0 atom stereocenters. The van der Waals surface area contributed by atoms with Crippen molar-refractivity contribution >= 4 is 22.4 Å². The zero-order chi connectivity index (χ0) is 14.7. The third-order valence-corrected chi connectivity index (χ3v) is 4.45. The number of carboxylic acid groups (broad SMARTS) is 1. The van der Waals surface area contributed by atoms with E-state index < -0.39 is 5.97 Å². The van der Waals surface area contributed by atoms with Gasteiger partial charge in [-0.3, -0.25) is 0 Å². The zero-order valence-corrected chi connectivity index (χ0v) is 12.3. The Morgan fingerprint density at radius 3 is 2.81 bits per heavy atom. The van der Waals surface area contributed by atoms with Gasteiger partial charge in [0.15, 0.2) is 5.13 Å². The SMILES string of the molecule is O=C(O)c1sc(N2CCCOCC2)nc1-c1ccccc1. The number of hydrogen-bond acceptors (Lipinski definition) is 5. The number of benzene rings is 1. The highest BCUT2D eigenvalue weighted by Crippen LogP contribution is 2.33. The van der Waals surface area contributed by atoms with Crippen molar-refractivity contribution < 1.29 is 14.6 Å². The van der Waals surface area contributed by atoms with Crippen LogP contribution < -0.4 is 4.90 Å². The van der Waals surface area contributed by atoms with Gasteiger partial charge in [-0.1, -0.05) is 41.7 Å². The molecule has 5 nitrogen and oxygen atoms in total. The fraction of sp³-hybridized carbons (Fsp3) is 0.333. The summed E-state index contributed by atoms with van der Waals surface area (Å²) >= 11 is 1.24. The maximum Gasteiger partial charge on any atom is 0.348 e. The van der Waals surface area contributed by atoms with Crippen molar-refractivity contribution in [3.05, 3.63) is 35.2 Å². The van der Waals surface area contributed by atoms with Crippen LogP contribution in [0.5, 0.6) is 0 Å². The van der Waals surface area contributed by atoms with E-state index in [9.17, 15) is 9.90 Å². The second-order valence-electron chi connectivity index (χ2n) is 4.80. The molecule has 21 heavy (non-hydrogen) atoms. The first-order valence-corrected chi connectivity index (χ1v) is 7.69. The van der Waals surface area contributed by atoms with E-state index >= 15 is 0 Å². The Morgan fingerprint density at radius 1 is 1.24 bits per heavy atom. The summed E-state index contributed by atoms with van der Waals surface area (Å²) in [5, 5.41) is 10.2. The average molecular weight is 304 g/mol. The van der Waals surface area contributed by atoms with Gasteiger partial charge in [0.2, 0.25) is 0 Å². The molecule has 0 unspecified atom stereocenters. The highest BCUT2D eigenvalue weighted by molar-refractivity contribution is 7.17. The van der Waals surface area contributed by atoms with Crippen molar-refractivity contribution in [3.8, 4) is 11.3 Å². The van der Waals surface area contributed by atoms with Gasteiger partial charge in [0.05, 0.1) is 12.3 Å². The van der Waals surface area contributed by atoms with Crippen LogP contribution in [0.15, 0.2) is 30.3 Å². The Hall–Kier alpha value is -1.92. The second kappa shape index (κ2) is 6.24. The molecule has 1 aliphatic heterocycles. The van der Waals surface area contributed by atoms with E-state index in [-0.39, 0.29) is 0 Å². The molecule has 3 rings (SSSR count). The lowest BCUT2D eigenvalue weighted by Crippen LogP contribution is -2.25. The van der Waals surface area contributed by atoms with Crippen LogP contribution in [0.25, 0.3) is 11.3 Å². The van der Waals surface area contributed by atoms with Crippen LogP contribution in [0.3, 0.4) is 0 Å². The molecule has 1 N–H and O–H groups in total. The van der Waals surface area contributed by atoms with Crippen molar-refractivity contribution in [2.24, 2.45) is 0 Å². The summed E-state index contributed by atoms with van der Waals surface area (Å²) in [6, 6.07) is 9.45. The number of carbonyl (C=O) groups is 1. The number of hydrogen-bond donors (Lipinski definition) is 1. The van der Waals surface area contributed by atoms with Gasteiger partial charge in [0.25, 0.3) is 0 Å². The molecule has 2 aromatic rings. The summed E-state index contributed by atoms with van der Waals surface area (Å²) in [5.74, 6) is -0.927. The summed E-state index contributed by atoms with van der Waals surface area (Å²) in [5.41, 5.74) is 1.39. The van der Waals surface area contributed by atoms with E-state index in [0.29, 0.717) is 17.2 Å². The van der Waals surface area contributed by atoms with E-state index in [1.165, 1.54) is 11.3 Å². The van der Waals surface area contributed by atoms with E-state index in [0.717, 1.165) is 36.8 Å². The average Bonchev–Trinajstić information content (AvgIpc) is 2.77. The van der Waals surface area contributed by atoms with Gasteiger partial charge >= 0.3 is 5.97 Å². The normalized spacial score (nSPS) is 15.7. The number of ether oxygens (including phenoxy) is 1. The molecule has 110 valence electrons. The molecule has 0 saturated carbocycles. The Bertz CT molecular complexity index is 619. The number of nitrogens with zero attached hydrogens (tertiary/aromatic N) is 2. The lowest BCUT2D eigenvalue weighted by Gasteiger charge is -2.17. The Kier molecular flexibility index (Phi) is 4.17. The number of thiazole rings is 1. The lowest BCUT2D eigenvalue weighted by molar-refractivity contribution is 0.0702. The zero-order valence-electron chi connectivity index (χ0n) is 11.5. The van der Waals surface area contributed by atoms with E-state index in [2.05, 4.69) is 9.88 Å². The molecule has 0 radical (unpaired) electrons. The molecule has 1 aromatic carbocycles. The van der Waals surface area contributed by atoms with Crippen LogP contribution in [0.1, 0.15) is 16.1 Å². The van der Waals surface area contributed by atoms with Gasteiger partial charge in [-0.15, -0.1) is 0 Å². The Labute approximate surface area is 126 Å². The molecule has 1 aromatic heterocycles. The molecule has 6 heteroatoms. The van der Waals surface area contributed by atoms with Gasteiger partial charge in [-0.05, 0) is 6.42 Å². The smallest absolute Gasteiger partial charge is 0.348 e. The van der Waals surface area contributed by atoms with Gasteiger partial charge in [0, 0.05) is 25.3 Å². The van der Waals surface area contributed by atoms with Crippen molar-refractivity contribution in [3.63, 3.8) is 0 Å². The van der Waals surface area contributed by atoms with Crippen LogP contribution >= 0.6 is 11.3 Å². The van der Waals surface area contributed by atoms with Gasteiger partial charge < -0.3 is 14.7 Å². The third-order valence-electron chi connectivity index (χ3n) is 3.35. The molecular weight excluding hydrogens is 288 g/mol. The summed E-state index contributed by atoms with van der Waals surface area (Å²) in [4.78, 5) is 18.5. The molecule has 1 aliphatic rings. The number of anilines is 1. The Balaban J connectivity index is 1.98. The molecule has 1 fully saturated rings. The minimum Gasteiger partial charge on any atom is -0.477 e. The Morgan fingerprint density at radius 2 is 2.05 bits per heavy atom. The standard InChI is InChI=1S/C15H16N2O3S/c18-14(19)13-12(11-5-2-1-3-6-11)16-15(21-13)17-7-4-9-20-10-8-17/h1-3,5-6H,4,7-10H2,(H,18,19). The summed E-state index contributed by atoms with van der Waals surface area (Å²) in [6.07, 6.45) is 0.933. The van der Waals surface area contributed by atoms with Crippen molar-refractivity contribution in [1.29, 1.82) is 0 Å². The molecule has 0 spiro atoms. The van der Waals surface area contributed by atoms with E-state index in [4.69, 9.17) is 4.74 Å². The molecule has 2 heterocycles. The van der Waals surface area contributed by atoms with Crippen LogP contribution in [0.4, 0.5) is 5.13 Å². The predicted molar refractivity (Wildman–Crippen MR) is 82.2 cm³/mol. The number of aromatic nitrogens is 1. The summed E-state index contributed by atoms with van der Waals surface area (Å²) in [6.45, 7) is 3.00. The van der Waals surface area contributed by atoms with Crippen LogP contribution in [-0.2, 0) is 4.74 Å². The van der Waals surface area contributed by atoms with E-state index in [1.807, 2.05) is 30.3 Å². The first-order chi connectivity index (χ1) is 10.3. The quantitative estimate of drug-likeness (QED) is 0.944. The largest absolute Gasteiger partial charge is 0.477 e. The minimum absolute atomic E-state index is 0.293. The number of carboxylic acids is 1. The maximum atomic E-state index is 11.5. The predicted octanol–water partition coefficient (Wildman–Crippen LogP) is 2.74. The first-order valence-electron chi connectivity index (χ1n) is 6.88. The second-order valence-corrected chi connectivity index (χ2v) is 5.78. The van der Waals surface area contributed by atoms with Crippen LogP contribution in [-0.4, -0.2) is 42.4 Å². The molecule has 0 aliphatic carbocycles. The molecule has 0 amide bonds. The van der Waals surface area contributed by atoms with Gasteiger partial charge in [0.1, 0.15) is 4.88 Å². The van der Waals surface area contributed by atoms with Crippen LogP contribution in [0.2, 0.25) is 0 Å². The fourth-order valence-corrected chi connectivity index (χ4v) is 3.30. The highest BCUT2D eigenvalue weighted by atomic mass is 32.1. The molecule has 1 saturated heterocycles. The van der Waals surface area contributed by atoms with Gasteiger partial charge in [-0.2, -0.15) is 0 Å². The maximum absolute atomic E-state index is 11.5. The van der Waals surface area contributed by atoms with E-state index in [1.54, 1.807) is 0 Å². The summed E-state index contributed by atoms with van der Waals surface area (Å²) < 4.78 is 5.43. The molecular formula is C15H16N2O3S. The fourth-order valence-electron chi connectivity index (χ4n) is 2.32. The monoisotopic (exact) mass is 304 g/mol. The number of rotatable bonds is 3. The highest BCUT2D eigenvalue weighted by Gasteiger charge is 2.22. The number of aromatic carboxylic acids is 1. The summed E-state index contributed by atoms with van der Waals surface area (Å²) in [7, 11) is 0. The van der Waals surface area contributed by atoms with Gasteiger partial charge in [-0.25, -0.2) is 9.78 Å². The van der Waals surface area contributed by atoms with Crippen molar-refractivity contribution in [1.82, 2.24) is 4.98 Å². The third kappa shape index (κ3) is 3.06. The minimum atomic E-state index is -0.927. The lowest BCUT2D eigenvalue weighted by atomic mass is 10.1. The van der Waals surface area contributed by atoms with Crippen molar-refractivity contribution in [2.75, 3.05) is 31.2 Å². The topological polar surface area (TPSA) is 62.7 Å². The molecule has 0 bridgehead atoms. The van der Waals surface area contributed by atoms with Crippen LogP contribution in [0, 0.1) is 0 Å².